The Morgan fingerprint density at radius 2 is 1.79 bits per heavy atom. The number of hydrogen-bond acceptors (Lipinski definition) is 5. The summed E-state index contributed by atoms with van der Waals surface area (Å²) in [5, 5.41) is 4.37. The summed E-state index contributed by atoms with van der Waals surface area (Å²) in [5.41, 5.74) is 3.19. The van der Waals surface area contributed by atoms with E-state index in [9.17, 15) is 13.2 Å². The molecule has 1 aliphatic rings. The van der Waals surface area contributed by atoms with Crippen molar-refractivity contribution in [1.29, 1.82) is 0 Å². The van der Waals surface area contributed by atoms with Gasteiger partial charge in [-0.3, -0.25) is 9.78 Å². The molecule has 1 aliphatic carbocycles. The molecule has 1 fully saturated rings. The highest BCUT2D eigenvalue weighted by Crippen LogP contribution is 2.28. The van der Waals surface area contributed by atoms with Gasteiger partial charge >= 0.3 is 0 Å². The van der Waals surface area contributed by atoms with Crippen LogP contribution in [0.5, 0.6) is 0 Å². The number of carbonyl (C=O) groups is 1. The number of rotatable bonds is 7. The molecule has 2 aromatic rings. The molecular weight excluding hydrogens is 412 g/mol. The summed E-state index contributed by atoms with van der Waals surface area (Å²) in [6.07, 6.45) is 9.16. The Kier molecular flexibility index (Phi) is 7.35. The van der Waals surface area contributed by atoms with Gasteiger partial charge in [0.2, 0.25) is 10.0 Å². The molecule has 7 nitrogen and oxygen atoms in total. The number of halogens is 1. The average Bonchev–Trinajstić information content (AvgIpc) is 2.73. The quantitative estimate of drug-likeness (QED) is 0.535. The lowest BCUT2D eigenvalue weighted by molar-refractivity contribution is -0.121. The Morgan fingerprint density at radius 1 is 1.14 bits per heavy atom. The van der Waals surface area contributed by atoms with Crippen LogP contribution in [0.25, 0.3) is 0 Å². The molecule has 154 valence electrons. The second-order valence-corrected chi connectivity index (χ2v) is 9.20. The fraction of sp³-hybridized carbons (Fsp3) is 0.350. The van der Waals surface area contributed by atoms with E-state index in [4.69, 9.17) is 11.6 Å². The highest BCUT2D eigenvalue weighted by Gasteiger charge is 2.33. The van der Waals surface area contributed by atoms with Crippen molar-refractivity contribution in [2.75, 3.05) is 6.54 Å². The summed E-state index contributed by atoms with van der Waals surface area (Å²) in [5.74, 6) is -0.488. The normalized spacial score (nSPS) is 15.7. The van der Waals surface area contributed by atoms with E-state index < -0.39 is 15.9 Å². The molecule has 3 rings (SSSR count). The van der Waals surface area contributed by atoms with Gasteiger partial charge in [-0.05, 0) is 54.8 Å². The van der Waals surface area contributed by atoms with Gasteiger partial charge in [-0.15, -0.1) is 0 Å². The van der Waals surface area contributed by atoms with Crippen LogP contribution in [0.4, 0.5) is 0 Å². The van der Waals surface area contributed by atoms with Gasteiger partial charge in [-0.1, -0.05) is 30.9 Å². The zero-order chi connectivity index (χ0) is 20.7. The highest BCUT2D eigenvalue weighted by atomic mass is 35.5. The van der Waals surface area contributed by atoms with Crippen LogP contribution in [-0.2, 0) is 14.8 Å². The Bertz CT molecular complexity index is 943. The van der Waals surface area contributed by atoms with E-state index in [1.54, 1.807) is 24.5 Å². The Labute approximate surface area is 175 Å². The summed E-state index contributed by atoms with van der Waals surface area (Å²) in [6.45, 7) is -0.288. The van der Waals surface area contributed by atoms with Crippen molar-refractivity contribution in [3.05, 3.63) is 59.4 Å². The number of hydrazone groups is 1. The molecule has 0 unspecified atom stereocenters. The number of hydrogen-bond donors (Lipinski definition) is 1. The monoisotopic (exact) mass is 434 g/mol. The number of aromatic nitrogens is 1. The molecule has 0 bridgehead atoms. The van der Waals surface area contributed by atoms with Crippen molar-refractivity contribution in [3.63, 3.8) is 0 Å². The molecule has 1 aromatic heterocycles. The number of nitrogens with one attached hydrogen (secondary N) is 1. The van der Waals surface area contributed by atoms with Crippen LogP contribution in [-0.4, -0.2) is 42.4 Å². The van der Waals surface area contributed by atoms with Gasteiger partial charge in [0.1, 0.15) is 0 Å². The van der Waals surface area contributed by atoms with Crippen LogP contribution in [0.3, 0.4) is 0 Å². The third-order valence-corrected chi connectivity index (χ3v) is 6.98. The van der Waals surface area contributed by atoms with Crippen LogP contribution in [0.1, 0.15) is 37.7 Å². The summed E-state index contributed by atoms with van der Waals surface area (Å²) in [6, 6.07) is 9.28. The maximum absolute atomic E-state index is 13.2. The van der Waals surface area contributed by atoms with Crippen molar-refractivity contribution < 1.29 is 13.2 Å². The van der Waals surface area contributed by atoms with E-state index in [1.165, 1.54) is 34.8 Å². The van der Waals surface area contributed by atoms with Crippen LogP contribution in [0.15, 0.2) is 58.8 Å². The smallest absolute Gasteiger partial charge is 0.255 e. The number of sulfonamides is 1. The van der Waals surface area contributed by atoms with Gasteiger partial charge in [0.05, 0.1) is 17.7 Å². The maximum Gasteiger partial charge on any atom is 0.255 e. The first-order chi connectivity index (χ1) is 14.0. The van der Waals surface area contributed by atoms with E-state index in [1.807, 2.05) is 0 Å². The lowest BCUT2D eigenvalue weighted by Crippen LogP contribution is -2.46. The first-order valence-electron chi connectivity index (χ1n) is 9.46. The fourth-order valence-electron chi connectivity index (χ4n) is 3.33. The van der Waals surface area contributed by atoms with Crippen molar-refractivity contribution in [1.82, 2.24) is 14.7 Å². The van der Waals surface area contributed by atoms with Crippen LogP contribution >= 0.6 is 11.6 Å². The second kappa shape index (κ2) is 9.96. The van der Waals surface area contributed by atoms with Crippen LogP contribution in [0, 0.1) is 0 Å². The van der Waals surface area contributed by atoms with Crippen molar-refractivity contribution in [2.24, 2.45) is 5.10 Å². The molecule has 1 saturated carbocycles. The van der Waals surface area contributed by atoms with E-state index >= 15 is 0 Å². The predicted octanol–water partition coefficient (Wildman–Crippen LogP) is 3.21. The molecule has 0 saturated heterocycles. The molecular formula is C20H23ClN4O3S. The molecule has 1 heterocycles. The first-order valence-corrected chi connectivity index (χ1v) is 11.3. The largest absolute Gasteiger partial charge is 0.272 e. The van der Waals surface area contributed by atoms with Crippen molar-refractivity contribution >= 4 is 33.7 Å². The average molecular weight is 435 g/mol. The number of benzene rings is 1. The summed E-state index contributed by atoms with van der Waals surface area (Å²) >= 11 is 5.89. The molecule has 0 radical (unpaired) electrons. The maximum atomic E-state index is 13.2. The minimum atomic E-state index is -3.84. The van der Waals surface area contributed by atoms with E-state index in [2.05, 4.69) is 15.5 Å². The zero-order valence-electron chi connectivity index (χ0n) is 15.9. The third-order valence-electron chi connectivity index (χ3n) is 4.81. The highest BCUT2D eigenvalue weighted by molar-refractivity contribution is 7.89. The summed E-state index contributed by atoms with van der Waals surface area (Å²) in [4.78, 5) is 16.5. The SMILES string of the molecule is O=C(CN(C1CCCCC1)S(=O)(=O)c1ccc(Cl)cc1)N/N=C/c1ccncc1. The summed E-state index contributed by atoms with van der Waals surface area (Å²) in [7, 11) is -3.84. The molecule has 1 N–H and O–H groups in total. The molecule has 0 atom stereocenters. The number of amides is 1. The molecule has 0 spiro atoms. The standard InChI is InChI=1S/C20H23ClN4O3S/c21-17-6-8-19(9-7-17)29(27,28)25(18-4-2-1-3-5-18)15-20(26)24-23-14-16-10-12-22-13-11-16/h6-14,18H,1-5,15H2,(H,24,26)/b23-14+. The predicted molar refractivity (Wildman–Crippen MR) is 112 cm³/mol. The Morgan fingerprint density at radius 3 is 2.45 bits per heavy atom. The minimum absolute atomic E-state index is 0.126. The van der Waals surface area contributed by atoms with Gasteiger partial charge < -0.3 is 0 Å². The van der Waals surface area contributed by atoms with Gasteiger partial charge in [-0.25, -0.2) is 13.8 Å². The van der Waals surface area contributed by atoms with Gasteiger partial charge in [0.15, 0.2) is 0 Å². The molecule has 29 heavy (non-hydrogen) atoms. The lowest BCUT2D eigenvalue weighted by atomic mass is 9.95. The Hall–Kier alpha value is -2.29. The second-order valence-electron chi connectivity index (χ2n) is 6.87. The van der Waals surface area contributed by atoms with Crippen LogP contribution in [0.2, 0.25) is 5.02 Å². The van der Waals surface area contributed by atoms with Crippen molar-refractivity contribution in [2.45, 2.75) is 43.0 Å². The Balaban J connectivity index is 1.75. The zero-order valence-corrected chi connectivity index (χ0v) is 17.4. The topological polar surface area (TPSA) is 91.7 Å². The molecule has 0 aliphatic heterocycles. The van der Waals surface area contributed by atoms with Crippen molar-refractivity contribution in [3.8, 4) is 0 Å². The number of carbonyl (C=O) groups excluding carboxylic acids is 1. The lowest BCUT2D eigenvalue weighted by Gasteiger charge is -2.32. The van der Waals surface area contributed by atoms with E-state index in [-0.39, 0.29) is 17.5 Å². The van der Waals surface area contributed by atoms with Gasteiger partial charge in [-0.2, -0.15) is 9.41 Å². The molecule has 1 aromatic carbocycles. The van der Waals surface area contributed by atoms with Crippen LogP contribution < -0.4 is 5.43 Å². The number of pyridine rings is 1. The van der Waals surface area contributed by atoms with E-state index in [0.29, 0.717) is 5.02 Å². The fourth-order valence-corrected chi connectivity index (χ4v) is 5.09. The van der Waals surface area contributed by atoms with Gasteiger partial charge in [0, 0.05) is 23.5 Å². The molecule has 9 heteroatoms. The van der Waals surface area contributed by atoms with E-state index in [0.717, 1.165) is 37.7 Å². The number of nitrogens with zero attached hydrogens (tertiary/aromatic N) is 3. The third kappa shape index (κ3) is 5.85. The summed E-state index contributed by atoms with van der Waals surface area (Å²) < 4.78 is 27.8. The first kappa shape index (κ1) is 21.4. The minimum Gasteiger partial charge on any atom is -0.272 e. The van der Waals surface area contributed by atoms with Gasteiger partial charge in [0.25, 0.3) is 5.91 Å². The molecule has 1 amide bonds.